The molecule has 170 valence electrons. The van der Waals surface area contributed by atoms with Gasteiger partial charge in [0.25, 0.3) is 0 Å². The van der Waals surface area contributed by atoms with E-state index < -0.39 is 29.7 Å². The van der Waals surface area contributed by atoms with E-state index in [9.17, 15) is 22.7 Å². The largest absolute Gasteiger partial charge is 0.416 e. The number of aryl methyl sites for hydroxylation is 1. The molecule has 3 aromatic rings. The topological polar surface area (TPSA) is 74.2 Å². The van der Waals surface area contributed by atoms with Crippen molar-refractivity contribution in [3.8, 4) is 0 Å². The molecule has 1 aromatic carbocycles. The summed E-state index contributed by atoms with van der Waals surface area (Å²) >= 11 is 0. The van der Waals surface area contributed by atoms with Gasteiger partial charge in [-0.3, -0.25) is 4.98 Å². The van der Waals surface area contributed by atoms with E-state index >= 15 is 0 Å². The van der Waals surface area contributed by atoms with Crippen LogP contribution in [0.3, 0.4) is 0 Å². The minimum Gasteiger partial charge on any atom is -0.391 e. The van der Waals surface area contributed by atoms with Gasteiger partial charge in [0.2, 0.25) is 0 Å². The number of hydrogen-bond donors (Lipinski definition) is 2. The Balaban J connectivity index is 1.73. The smallest absolute Gasteiger partial charge is 0.391 e. The van der Waals surface area contributed by atoms with Crippen molar-refractivity contribution < 1.29 is 22.7 Å². The van der Waals surface area contributed by atoms with E-state index in [4.69, 9.17) is 0 Å². The molecule has 2 aromatic heterocycles. The molecule has 32 heavy (non-hydrogen) atoms. The van der Waals surface area contributed by atoms with Gasteiger partial charge >= 0.3 is 6.18 Å². The Kier molecular flexibility index (Phi) is 5.66. The summed E-state index contributed by atoms with van der Waals surface area (Å²) in [6.07, 6.45) is -2.70. The second kappa shape index (κ2) is 8.16. The number of nitrogens with zero attached hydrogens (tertiary/aromatic N) is 4. The Morgan fingerprint density at radius 1 is 1.19 bits per heavy atom. The maximum atomic E-state index is 14.0. The standard InChI is InChI=1S/C22H23F4N5O/c1-11-17(6-14(23)7-19(11)22(24,25)26)12(2)28-21-18-8-15(31-5-4-16(32)10-31)9-27-20(18)13(3)29-30-21/h6-9,12,16,32H,4-5,10H2,1-3H3,(H,28,30)/t12-,16+/m1/s1. The molecular weight excluding hydrogens is 426 g/mol. The first-order valence-corrected chi connectivity index (χ1v) is 10.2. The zero-order chi connectivity index (χ0) is 23.2. The summed E-state index contributed by atoms with van der Waals surface area (Å²) in [5.74, 6) is -0.618. The molecular formula is C22H23F4N5O. The zero-order valence-electron chi connectivity index (χ0n) is 17.8. The Morgan fingerprint density at radius 3 is 2.59 bits per heavy atom. The monoisotopic (exact) mass is 449 g/mol. The molecule has 0 saturated carbocycles. The number of alkyl halides is 3. The van der Waals surface area contributed by atoms with E-state index in [1.165, 1.54) is 6.92 Å². The van der Waals surface area contributed by atoms with Crippen LogP contribution in [0, 0.1) is 19.7 Å². The average Bonchev–Trinajstić information content (AvgIpc) is 3.16. The number of nitrogens with one attached hydrogen (secondary N) is 1. The SMILES string of the molecule is Cc1c([C@@H](C)Nc2nnc(C)c3ncc(N4CC[C@H](O)C4)cc23)cc(F)cc1C(F)(F)F. The number of rotatable bonds is 4. The molecule has 2 atom stereocenters. The lowest BCUT2D eigenvalue weighted by Crippen LogP contribution is -2.21. The summed E-state index contributed by atoms with van der Waals surface area (Å²) in [6.45, 7) is 5.91. The Labute approximate surface area is 182 Å². The van der Waals surface area contributed by atoms with Crippen LogP contribution >= 0.6 is 0 Å². The van der Waals surface area contributed by atoms with E-state index in [-0.39, 0.29) is 11.1 Å². The average molecular weight is 449 g/mol. The lowest BCUT2D eigenvalue weighted by Gasteiger charge is -2.22. The summed E-state index contributed by atoms with van der Waals surface area (Å²) in [4.78, 5) is 6.50. The van der Waals surface area contributed by atoms with Crippen LogP contribution in [0.4, 0.5) is 29.1 Å². The number of aliphatic hydroxyl groups excluding tert-OH is 1. The molecule has 0 spiro atoms. The van der Waals surface area contributed by atoms with Crippen LogP contribution in [0.1, 0.15) is 41.8 Å². The molecule has 10 heteroatoms. The number of aliphatic hydroxyl groups is 1. The summed E-state index contributed by atoms with van der Waals surface area (Å²) in [5, 5.41) is 21.9. The Bertz CT molecular complexity index is 1170. The van der Waals surface area contributed by atoms with Crippen molar-refractivity contribution in [2.45, 2.75) is 45.5 Å². The Morgan fingerprint density at radius 2 is 1.94 bits per heavy atom. The molecule has 0 unspecified atom stereocenters. The maximum Gasteiger partial charge on any atom is 0.416 e. The predicted octanol–water partition coefficient (Wildman–Crippen LogP) is 4.54. The number of aromatic nitrogens is 3. The number of β-amino-alcohol motifs (C(OH)–C–C–N with tert-alkyl or cyclic N) is 1. The molecule has 0 bridgehead atoms. The van der Waals surface area contributed by atoms with Gasteiger partial charge in [-0.2, -0.15) is 18.3 Å². The highest BCUT2D eigenvalue weighted by Gasteiger charge is 2.34. The third-order valence-corrected chi connectivity index (χ3v) is 5.84. The van der Waals surface area contributed by atoms with Gasteiger partial charge in [0.1, 0.15) is 5.82 Å². The van der Waals surface area contributed by atoms with Crippen molar-refractivity contribution in [3.63, 3.8) is 0 Å². The van der Waals surface area contributed by atoms with Crippen LogP contribution in [0.15, 0.2) is 24.4 Å². The third kappa shape index (κ3) is 4.19. The molecule has 1 aliphatic heterocycles. The number of fused-ring (bicyclic) bond motifs is 1. The normalized spacial score (nSPS) is 17.8. The van der Waals surface area contributed by atoms with E-state index in [0.29, 0.717) is 48.0 Å². The molecule has 1 saturated heterocycles. The van der Waals surface area contributed by atoms with Crippen LogP contribution in [-0.2, 0) is 6.18 Å². The van der Waals surface area contributed by atoms with Crippen molar-refractivity contribution in [1.82, 2.24) is 15.2 Å². The van der Waals surface area contributed by atoms with Gasteiger partial charge in [0.05, 0.1) is 40.8 Å². The van der Waals surface area contributed by atoms with Crippen molar-refractivity contribution in [3.05, 3.63) is 52.6 Å². The minimum atomic E-state index is -4.66. The van der Waals surface area contributed by atoms with Gasteiger partial charge in [-0.25, -0.2) is 4.39 Å². The van der Waals surface area contributed by atoms with Gasteiger partial charge in [0, 0.05) is 18.5 Å². The molecule has 6 nitrogen and oxygen atoms in total. The number of anilines is 2. The lowest BCUT2D eigenvalue weighted by atomic mass is 9.96. The van der Waals surface area contributed by atoms with Crippen LogP contribution in [0.5, 0.6) is 0 Å². The van der Waals surface area contributed by atoms with Crippen LogP contribution in [0.25, 0.3) is 10.9 Å². The van der Waals surface area contributed by atoms with E-state index in [0.717, 1.165) is 11.8 Å². The van der Waals surface area contributed by atoms with Gasteiger partial charge < -0.3 is 15.3 Å². The maximum absolute atomic E-state index is 14.0. The summed E-state index contributed by atoms with van der Waals surface area (Å²) in [6, 6.07) is 2.80. The molecule has 4 rings (SSSR count). The van der Waals surface area contributed by atoms with Crippen molar-refractivity contribution in [1.29, 1.82) is 0 Å². The van der Waals surface area contributed by atoms with Crippen LogP contribution in [0.2, 0.25) is 0 Å². The van der Waals surface area contributed by atoms with Gasteiger partial charge in [-0.15, -0.1) is 5.10 Å². The van der Waals surface area contributed by atoms with E-state index in [1.54, 1.807) is 20.0 Å². The lowest BCUT2D eigenvalue weighted by molar-refractivity contribution is -0.138. The number of benzene rings is 1. The van der Waals surface area contributed by atoms with E-state index in [1.807, 2.05) is 11.0 Å². The molecule has 1 fully saturated rings. The summed E-state index contributed by atoms with van der Waals surface area (Å²) in [5.41, 5.74) is 1.14. The highest BCUT2D eigenvalue weighted by atomic mass is 19.4. The van der Waals surface area contributed by atoms with Crippen molar-refractivity contribution in [2.75, 3.05) is 23.3 Å². The second-order valence-electron chi connectivity index (χ2n) is 8.14. The fourth-order valence-electron chi connectivity index (χ4n) is 4.13. The summed E-state index contributed by atoms with van der Waals surface area (Å²) in [7, 11) is 0. The molecule has 2 N–H and O–H groups in total. The Hall–Kier alpha value is -3.01. The number of halogens is 4. The van der Waals surface area contributed by atoms with Crippen LogP contribution < -0.4 is 10.2 Å². The number of pyridine rings is 1. The first-order valence-electron chi connectivity index (χ1n) is 10.2. The first-order chi connectivity index (χ1) is 15.0. The zero-order valence-corrected chi connectivity index (χ0v) is 17.8. The van der Waals surface area contributed by atoms with Crippen LogP contribution in [-0.4, -0.2) is 39.5 Å². The quantitative estimate of drug-likeness (QED) is 0.570. The molecule has 0 amide bonds. The minimum absolute atomic E-state index is 0.0480. The van der Waals surface area contributed by atoms with Gasteiger partial charge in [-0.1, -0.05) is 0 Å². The highest BCUT2D eigenvalue weighted by Crippen LogP contribution is 2.36. The second-order valence-corrected chi connectivity index (χ2v) is 8.14. The van der Waals surface area contributed by atoms with Gasteiger partial charge in [0.15, 0.2) is 5.82 Å². The summed E-state index contributed by atoms with van der Waals surface area (Å²) < 4.78 is 54.0. The fourth-order valence-corrected chi connectivity index (χ4v) is 4.13. The molecule has 0 aliphatic carbocycles. The van der Waals surface area contributed by atoms with Gasteiger partial charge in [-0.05, 0) is 56.5 Å². The molecule has 3 heterocycles. The van der Waals surface area contributed by atoms with Crippen molar-refractivity contribution in [2.24, 2.45) is 0 Å². The highest BCUT2D eigenvalue weighted by molar-refractivity contribution is 5.92. The molecule has 0 radical (unpaired) electrons. The fraction of sp³-hybridized carbons (Fsp3) is 0.409. The molecule has 1 aliphatic rings. The van der Waals surface area contributed by atoms with E-state index in [2.05, 4.69) is 20.5 Å². The number of hydrogen-bond acceptors (Lipinski definition) is 6. The third-order valence-electron chi connectivity index (χ3n) is 5.84. The van der Waals surface area contributed by atoms with Crippen molar-refractivity contribution >= 4 is 22.4 Å². The predicted molar refractivity (Wildman–Crippen MR) is 113 cm³/mol. The first kappa shape index (κ1) is 22.2.